The Kier molecular flexibility index (Phi) is 19.9. The van der Waals surface area contributed by atoms with Crippen LogP contribution in [0.2, 0.25) is 0 Å². The standard InChI is InChI=1S/C38H57N9O17S/c1-17(2)29(44-34(59)24-7-3-9-45(24)35(60)22(15-48)43-32(57)19(12-26(49)50)40-30(55)18(39)16-65)37(62)47-11-5-8-25(47)36(61)46-10-4-6-23(46)33(58)41-20(13-27(51)52)31(56)42-21(38(63)64)14-28(53)54/h17-25,29,48,65H,3-16,39H2,1-2H3,(H,40,55)(H,41,58)(H,42,56)(H,43,57)(H,44,59)(H,49,50)(H,51,52)(H,53,54)(H,63,64)/t18-,19-,20-,21-,22-,23-,24-,25-,29-/m0/s1. The molecule has 26 nitrogen and oxygen atoms in total. The third-order valence-corrected chi connectivity index (χ3v) is 11.5. The van der Waals surface area contributed by atoms with Gasteiger partial charge in [-0.15, -0.1) is 0 Å². The zero-order valence-electron chi connectivity index (χ0n) is 35.7. The molecular weight excluding hydrogens is 887 g/mol. The molecule has 0 aromatic rings. The van der Waals surface area contributed by atoms with Crippen molar-refractivity contribution in [2.24, 2.45) is 11.7 Å². The van der Waals surface area contributed by atoms with Crippen LogP contribution in [0.3, 0.4) is 0 Å². The van der Waals surface area contributed by atoms with E-state index in [-0.39, 0.29) is 44.6 Å². The minimum Gasteiger partial charge on any atom is -0.481 e. The fraction of sp³-hybridized carbons (Fsp3) is 0.684. The van der Waals surface area contributed by atoms with Gasteiger partial charge in [-0.3, -0.25) is 52.7 Å². The summed E-state index contributed by atoms with van der Waals surface area (Å²) in [6.07, 6.45) is -1.65. The van der Waals surface area contributed by atoms with Gasteiger partial charge in [0, 0.05) is 25.4 Å². The van der Waals surface area contributed by atoms with Crippen LogP contribution in [0.25, 0.3) is 0 Å². The Hall–Kier alpha value is -6.09. The van der Waals surface area contributed by atoms with Crippen molar-refractivity contribution in [3.63, 3.8) is 0 Å². The summed E-state index contributed by atoms with van der Waals surface area (Å²) in [4.78, 5) is 157. The van der Waals surface area contributed by atoms with Crippen molar-refractivity contribution < 1.29 is 83.1 Å². The van der Waals surface area contributed by atoms with E-state index in [9.17, 15) is 78.0 Å². The van der Waals surface area contributed by atoms with E-state index >= 15 is 0 Å². The lowest BCUT2D eigenvalue weighted by atomic mass is 10.0. The Bertz CT molecular complexity index is 1870. The molecule has 3 aliphatic rings. The summed E-state index contributed by atoms with van der Waals surface area (Å²) >= 11 is 3.90. The van der Waals surface area contributed by atoms with Crippen molar-refractivity contribution in [1.82, 2.24) is 41.3 Å². The maximum absolute atomic E-state index is 14.2. The maximum Gasteiger partial charge on any atom is 0.326 e. The number of rotatable bonds is 23. The lowest BCUT2D eigenvalue weighted by Crippen LogP contribution is -2.61. The number of carboxylic acid groups (broad SMARTS) is 4. The van der Waals surface area contributed by atoms with Gasteiger partial charge in [0.1, 0.15) is 48.3 Å². The van der Waals surface area contributed by atoms with Gasteiger partial charge in [0.05, 0.1) is 31.9 Å². The van der Waals surface area contributed by atoms with Crippen molar-refractivity contribution in [2.75, 3.05) is 32.0 Å². The second-order valence-corrected chi connectivity index (χ2v) is 16.5. The number of carboxylic acids is 4. The van der Waals surface area contributed by atoms with Crippen LogP contribution in [0, 0.1) is 5.92 Å². The number of thiol groups is 1. The van der Waals surface area contributed by atoms with Crippen LogP contribution >= 0.6 is 12.6 Å². The van der Waals surface area contributed by atoms with Gasteiger partial charge in [-0.05, 0) is 44.4 Å². The number of aliphatic carboxylic acids is 4. The minimum atomic E-state index is -1.95. The number of nitrogens with two attached hydrogens (primary N) is 1. The number of carbonyl (C=O) groups is 12. The molecule has 3 saturated heterocycles. The molecule has 9 atom stereocenters. The van der Waals surface area contributed by atoms with E-state index in [2.05, 4.69) is 33.9 Å². The number of nitrogens with one attached hydrogen (secondary N) is 5. The largest absolute Gasteiger partial charge is 0.481 e. The second kappa shape index (κ2) is 24.3. The third-order valence-electron chi connectivity index (χ3n) is 11.1. The predicted molar refractivity (Wildman–Crippen MR) is 222 cm³/mol. The first-order valence-electron chi connectivity index (χ1n) is 20.8. The Labute approximate surface area is 377 Å². The van der Waals surface area contributed by atoms with Crippen LogP contribution in [0.5, 0.6) is 0 Å². The SMILES string of the molecule is CC(C)[C@H](NC(=O)[C@@H]1CCCN1C(=O)[C@H](CO)NC(=O)[C@H](CC(=O)O)NC(=O)[C@@H](N)CS)C(=O)N1CCC[C@H]1C(=O)N1CCC[C@H]1C(=O)N[C@@H](CC(=O)O)C(=O)N[C@@H](CC(=O)O)C(=O)O. The number of aliphatic hydroxyl groups excluding tert-OH is 1. The number of carbonyl (C=O) groups excluding carboxylic acids is 8. The van der Waals surface area contributed by atoms with Crippen LogP contribution in [0.1, 0.15) is 71.6 Å². The molecule has 3 aliphatic heterocycles. The summed E-state index contributed by atoms with van der Waals surface area (Å²) in [6.45, 7) is 2.40. The Balaban J connectivity index is 1.74. The highest BCUT2D eigenvalue weighted by Gasteiger charge is 2.46. The highest BCUT2D eigenvalue weighted by molar-refractivity contribution is 7.80. The van der Waals surface area contributed by atoms with E-state index in [0.717, 1.165) is 4.90 Å². The van der Waals surface area contributed by atoms with Crippen LogP contribution < -0.4 is 32.3 Å². The van der Waals surface area contributed by atoms with Gasteiger partial charge >= 0.3 is 23.9 Å². The van der Waals surface area contributed by atoms with Gasteiger partial charge in [-0.2, -0.15) is 12.6 Å². The average molecular weight is 944 g/mol. The van der Waals surface area contributed by atoms with Crippen LogP contribution in [-0.2, 0) is 57.5 Å². The molecule has 65 heavy (non-hydrogen) atoms. The van der Waals surface area contributed by atoms with Crippen molar-refractivity contribution in [2.45, 2.75) is 126 Å². The van der Waals surface area contributed by atoms with Crippen LogP contribution in [0.15, 0.2) is 0 Å². The molecule has 12 N–H and O–H groups in total. The fourth-order valence-corrected chi connectivity index (χ4v) is 7.89. The number of aliphatic hydroxyl groups is 1. The number of hydrogen-bond acceptors (Lipinski definition) is 15. The smallest absolute Gasteiger partial charge is 0.326 e. The first kappa shape index (κ1) is 53.2. The molecular formula is C38H57N9O17S. The summed E-state index contributed by atoms with van der Waals surface area (Å²) in [5.41, 5.74) is 5.61. The molecule has 0 aromatic heterocycles. The highest BCUT2D eigenvalue weighted by Crippen LogP contribution is 2.27. The molecule has 0 unspecified atom stereocenters. The number of likely N-dealkylation sites (tertiary alicyclic amines) is 3. The third kappa shape index (κ3) is 14.5. The first-order valence-corrected chi connectivity index (χ1v) is 21.4. The Morgan fingerprint density at radius 2 is 0.985 bits per heavy atom. The normalized spacial score (nSPS) is 21.0. The van der Waals surface area contributed by atoms with Crippen molar-refractivity contribution >= 4 is 83.8 Å². The molecule has 0 bridgehead atoms. The minimum absolute atomic E-state index is 0.00173. The second-order valence-electron chi connectivity index (χ2n) is 16.1. The molecule has 0 aromatic carbocycles. The Morgan fingerprint density at radius 1 is 0.569 bits per heavy atom. The van der Waals surface area contributed by atoms with E-state index < -0.39 is 157 Å². The monoisotopic (exact) mass is 943 g/mol. The van der Waals surface area contributed by atoms with Gasteiger partial charge < -0.3 is 72.5 Å². The quantitative estimate of drug-likeness (QED) is 0.0426. The van der Waals surface area contributed by atoms with E-state index in [1.165, 1.54) is 9.80 Å². The summed E-state index contributed by atoms with van der Waals surface area (Å²) in [5, 5.41) is 58.4. The molecule has 0 spiro atoms. The maximum atomic E-state index is 14.2. The van der Waals surface area contributed by atoms with Crippen molar-refractivity contribution in [1.29, 1.82) is 0 Å². The molecule has 3 fully saturated rings. The lowest BCUT2D eigenvalue weighted by Gasteiger charge is -2.35. The highest BCUT2D eigenvalue weighted by atomic mass is 32.1. The van der Waals surface area contributed by atoms with Crippen LogP contribution in [-0.4, -0.2) is 198 Å². The lowest BCUT2D eigenvalue weighted by molar-refractivity contribution is -0.149. The molecule has 27 heteroatoms. The molecule has 8 amide bonds. The fourth-order valence-electron chi connectivity index (χ4n) is 7.73. The van der Waals surface area contributed by atoms with E-state index in [0.29, 0.717) is 19.3 Å². The molecule has 0 saturated carbocycles. The van der Waals surface area contributed by atoms with Gasteiger partial charge in [-0.1, -0.05) is 13.8 Å². The van der Waals surface area contributed by atoms with E-state index in [1.54, 1.807) is 13.8 Å². The number of nitrogens with zero attached hydrogens (tertiary/aromatic N) is 3. The van der Waals surface area contributed by atoms with Gasteiger partial charge in [-0.25, -0.2) is 4.79 Å². The number of hydrogen-bond donors (Lipinski definition) is 12. The van der Waals surface area contributed by atoms with Crippen molar-refractivity contribution in [3.8, 4) is 0 Å². The molecule has 3 heterocycles. The van der Waals surface area contributed by atoms with Gasteiger partial charge in [0.2, 0.25) is 47.3 Å². The average Bonchev–Trinajstić information content (AvgIpc) is 4.04. The Morgan fingerprint density at radius 3 is 1.46 bits per heavy atom. The van der Waals surface area contributed by atoms with Crippen LogP contribution in [0.4, 0.5) is 0 Å². The van der Waals surface area contributed by atoms with Gasteiger partial charge in [0.15, 0.2) is 0 Å². The first-order chi connectivity index (χ1) is 30.5. The van der Waals surface area contributed by atoms with Crippen molar-refractivity contribution in [3.05, 3.63) is 0 Å². The van der Waals surface area contributed by atoms with E-state index in [1.807, 2.05) is 5.32 Å². The summed E-state index contributed by atoms with van der Waals surface area (Å²) in [6, 6.07) is -13.1. The zero-order chi connectivity index (χ0) is 48.9. The van der Waals surface area contributed by atoms with E-state index in [4.69, 9.17) is 10.8 Å². The number of amides is 8. The summed E-state index contributed by atoms with van der Waals surface area (Å²) in [7, 11) is 0. The summed E-state index contributed by atoms with van der Waals surface area (Å²) in [5.74, 6) is -14.3. The molecule has 0 aliphatic carbocycles. The topological polar surface area (TPSA) is 402 Å². The molecule has 362 valence electrons. The molecule has 3 rings (SSSR count). The zero-order valence-corrected chi connectivity index (χ0v) is 36.6. The van der Waals surface area contributed by atoms with Gasteiger partial charge in [0.25, 0.3) is 0 Å². The molecule has 0 radical (unpaired) electrons. The summed E-state index contributed by atoms with van der Waals surface area (Å²) < 4.78 is 0. The predicted octanol–water partition coefficient (Wildman–Crippen LogP) is -5.20.